The number of benzene rings is 3. The van der Waals surface area contributed by atoms with Gasteiger partial charge in [-0.2, -0.15) is 0 Å². The first-order valence-electron chi connectivity index (χ1n) is 10.5. The van der Waals surface area contributed by atoms with Crippen LogP contribution in [0.4, 0.5) is 0 Å². The molecule has 3 aromatic rings. The van der Waals surface area contributed by atoms with Gasteiger partial charge in [0.05, 0.1) is 26.4 Å². The Bertz CT molecular complexity index is 944. The summed E-state index contributed by atoms with van der Waals surface area (Å²) in [6.45, 7) is 2.13. The standard InChI is InChI=1S/C26H26O4/c1-3-9-19(10-4-1)15-27-18-23-25(28-16-20-11-5-2-6-12-20)26-24(30-23)22-14-8-7-13-21(22)17-29-26/h1-14,23-26H,15-18H2/t23-,24-,25+,26-/m0/s1. The lowest BCUT2D eigenvalue weighted by Gasteiger charge is -2.30. The highest BCUT2D eigenvalue weighted by molar-refractivity contribution is 5.32. The summed E-state index contributed by atoms with van der Waals surface area (Å²) in [6, 6.07) is 28.8. The fraction of sp³-hybridized carbons (Fsp3) is 0.308. The minimum atomic E-state index is -0.182. The van der Waals surface area contributed by atoms with Gasteiger partial charge >= 0.3 is 0 Å². The lowest BCUT2D eigenvalue weighted by atomic mass is 9.94. The van der Waals surface area contributed by atoms with Crippen LogP contribution in [0.1, 0.15) is 28.4 Å². The predicted molar refractivity (Wildman–Crippen MR) is 114 cm³/mol. The first kappa shape index (κ1) is 19.5. The molecule has 4 atom stereocenters. The van der Waals surface area contributed by atoms with Crippen molar-refractivity contribution in [3.63, 3.8) is 0 Å². The molecule has 0 spiro atoms. The van der Waals surface area contributed by atoms with Crippen LogP contribution in [0.15, 0.2) is 84.9 Å². The molecule has 1 saturated heterocycles. The van der Waals surface area contributed by atoms with Crippen molar-refractivity contribution >= 4 is 0 Å². The summed E-state index contributed by atoms with van der Waals surface area (Å²) in [7, 11) is 0. The first-order valence-corrected chi connectivity index (χ1v) is 10.5. The Morgan fingerprint density at radius 3 is 2.20 bits per heavy atom. The van der Waals surface area contributed by atoms with Crippen molar-refractivity contribution in [3.8, 4) is 0 Å². The number of fused-ring (bicyclic) bond motifs is 3. The Hall–Kier alpha value is -2.50. The van der Waals surface area contributed by atoms with E-state index in [9.17, 15) is 0 Å². The van der Waals surface area contributed by atoms with Crippen LogP contribution >= 0.6 is 0 Å². The number of rotatable bonds is 7. The molecule has 0 amide bonds. The van der Waals surface area contributed by atoms with Gasteiger partial charge in [0.15, 0.2) is 0 Å². The summed E-state index contributed by atoms with van der Waals surface area (Å²) in [6.07, 6.45) is -0.618. The van der Waals surface area contributed by atoms with Crippen molar-refractivity contribution in [2.45, 2.75) is 44.2 Å². The third-order valence-electron chi connectivity index (χ3n) is 5.78. The Labute approximate surface area is 177 Å². The second-order valence-electron chi connectivity index (χ2n) is 7.83. The van der Waals surface area contributed by atoms with Crippen molar-refractivity contribution in [1.82, 2.24) is 0 Å². The van der Waals surface area contributed by atoms with Gasteiger partial charge in [0.2, 0.25) is 0 Å². The molecular weight excluding hydrogens is 376 g/mol. The van der Waals surface area contributed by atoms with E-state index in [-0.39, 0.29) is 24.4 Å². The second-order valence-corrected chi connectivity index (χ2v) is 7.83. The van der Waals surface area contributed by atoms with E-state index in [0.29, 0.717) is 26.4 Å². The van der Waals surface area contributed by atoms with E-state index in [1.807, 2.05) is 42.5 Å². The zero-order chi connectivity index (χ0) is 20.2. The number of hydrogen-bond acceptors (Lipinski definition) is 4. The SMILES string of the molecule is c1ccc(COC[C@@H]2O[C@H]3c4ccccc4CO[C@@H]3[C@@H]2OCc2ccccc2)cc1. The molecule has 30 heavy (non-hydrogen) atoms. The van der Waals surface area contributed by atoms with Crippen LogP contribution in [-0.2, 0) is 38.8 Å². The molecule has 4 heteroatoms. The van der Waals surface area contributed by atoms with Gasteiger partial charge in [0, 0.05) is 0 Å². The van der Waals surface area contributed by atoms with Crippen molar-refractivity contribution in [1.29, 1.82) is 0 Å². The molecule has 1 fully saturated rings. The van der Waals surface area contributed by atoms with Gasteiger partial charge in [-0.3, -0.25) is 0 Å². The molecule has 2 heterocycles. The average molecular weight is 402 g/mol. The first-order chi connectivity index (χ1) is 14.9. The summed E-state index contributed by atoms with van der Waals surface area (Å²) < 4.78 is 25.1. The molecule has 0 saturated carbocycles. The van der Waals surface area contributed by atoms with Gasteiger partial charge in [0.25, 0.3) is 0 Å². The third kappa shape index (κ3) is 4.18. The molecular formula is C26H26O4. The molecule has 3 aromatic carbocycles. The van der Waals surface area contributed by atoms with Crippen molar-refractivity contribution < 1.29 is 18.9 Å². The zero-order valence-electron chi connectivity index (χ0n) is 16.9. The topological polar surface area (TPSA) is 36.9 Å². The Balaban J connectivity index is 1.31. The van der Waals surface area contributed by atoms with Gasteiger partial charge in [-0.1, -0.05) is 84.9 Å². The molecule has 0 radical (unpaired) electrons. The fourth-order valence-electron chi connectivity index (χ4n) is 4.26. The van der Waals surface area contributed by atoms with Crippen LogP contribution in [-0.4, -0.2) is 24.9 Å². The van der Waals surface area contributed by atoms with Crippen LogP contribution in [0.2, 0.25) is 0 Å². The molecule has 0 aliphatic carbocycles. The number of hydrogen-bond donors (Lipinski definition) is 0. The molecule has 0 N–H and O–H groups in total. The zero-order valence-corrected chi connectivity index (χ0v) is 16.9. The van der Waals surface area contributed by atoms with E-state index in [0.717, 1.165) is 11.1 Å². The van der Waals surface area contributed by atoms with E-state index in [1.54, 1.807) is 0 Å². The fourth-order valence-corrected chi connectivity index (χ4v) is 4.26. The Morgan fingerprint density at radius 1 is 0.767 bits per heavy atom. The summed E-state index contributed by atoms with van der Waals surface area (Å²) in [5.74, 6) is 0. The monoisotopic (exact) mass is 402 g/mol. The Kier molecular flexibility index (Phi) is 5.91. The van der Waals surface area contributed by atoms with Crippen LogP contribution in [0.5, 0.6) is 0 Å². The highest BCUT2D eigenvalue weighted by Gasteiger charge is 2.49. The maximum absolute atomic E-state index is 6.46. The highest BCUT2D eigenvalue weighted by Crippen LogP contribution is 2.42. The predicted octanol–water partition coefficient (Wildman–Crippen LogP) is 4.83. The van der Waals surface area contributed by atoms with E-state index < -0.39 is 0 Å². The molecule has 0 bridgehead atoms. The van der Waals surface area contributed by atoms with Crippen molar-refractivity contribution in [2.24, 2.45) is 0 Å². The lowest BCUT2D eigenvalue weighted by molar-refractivity contribution is -0.0919. The minimum Gasteiger partial charge on any atom is -0.374 e. The van der Waals surface area contributed by atoms with Crippen molar-refractivity contribution in [2.75, 3.05) is 6.61 Å². The van der Waals surface area contributed by atoms with E-state index in [2.05, 4.69) is 42.5 Å². The summed E-state index contributed by atoms with van der Waals surface area (Å²) >= 11 is 0. The third-order valence-corrected chi connectivity index (χ3v) is 5.78. The van der Waals surface area contributed by atoms with Crippen LogP contribution in [0.3, 0.4) is 0 Å². The molecule has 4 nitrogen and oxygen atoms in total. The second kappa shape index (κ2) is 9.11. The van der Waals surface area contributed by atoms with E-state index in [4.69, 9.17) is 18.9 Å². The molecule has 0 unspecified atom stereocenters. The quantitative estimate of drug-likeness (QED) is 0.567. The van der Waals surface area contributed by atoms with Crippen LogP contribution < -0.4 is 0 Å². The molecule has 2 aliphatic rings. The molecule has 5 rings (SSSR count). The molecule has 154 valence electrons. The van der Waals surface area contributed by atoms with Gasteiger partial charge in [-0.15, -0.1) is 0 Å². The van der Waals surface area contributed by atoms with Crippen molar-refractivity contribution in [3.05, 3.63) is 107 Å². The van der Waals surface area contributed by atoms with Gasteiger partial charge < -0.3 is 18.9 Å². The van der Waals surface area contributed by atoms with E-state index in [1.165, 1.54) is 11.1 Å². The van der Waals surface area contributed by atoms with Gasteiger partial charge in [-0.25, -0.2) is 0 Å². The minimum absolute atomic E-state index is 0.124. The van der Waals surface area contributed by atoms with Gasteiger partial charge in [0.1, 0.15) is 24.4 Å². The smallest absolute Gasteiger partial charge is 0.117 e. The number of ether oxygens (including phenoxy) is 4. The molecule has 0 aromatic heterocycles. The lowest BCUT2D eigenvalue weighted by Crippen LogP contribution is -2.39. The largest absolute Gasteiger partial charge is 0.374 e. The average Bonchev–Trinajstić information content (AvgIpc) is 3.17. The summed E-state index contributed by atoms with van der Waals surface area (Å²) in [5, 5.41) is 0. The molecule has 2 aliphatic heterocycles. The summed E-state index contributed by atoms with van der Waals surface area (Å²) in [5.41, 5.74) is 4.68. The maximum atomic E-state index is 6.46. The normalized spacial score (nSPS) is 24.9. The van der Waals surface area contributed by atoms with Crippen LogP contribution in [0, 0.1) is 0 Å². The maximum Gasteiger partial charge on any atom is 0.117 e. The van der Waals surface area contributed by atoms with Crippen LogP contribution in [0.25, 0.3) is 0 Å². The van der Waals surface area contributed by atoms with E-state index >= 15 is 0 Å². The Morgan fingerprint density at radius 2 is 1.43 bits per heavy atom. The highest BCUT2D eigenvalue weighted by atomic mass is 16.6. The summed E-state index contributed by atoms with van der Waals surface area (Å²) in [4.78, 5) is 0. The van der Waals surface area contributed by atoms with Gasteiger partial charge in [-0.05, 0) is 22.3 Å².